The summed E-state index contributed by atoms with van der Waals surface area (Å²) in [6.07, 6.45) is -2.02. The van der Waals surface area contributed by atoms with Crippen molar-refractivity contribution in [2.45, 2.75) is 58.0 Å². The average Bonchev–Trinajstić information content (AvgIpc) is 3.07. The minimum absolute atomic E-state index is 0.160. The van der Waals surface area contributed by atoms with Crippen LogP contribution < -0.4 is 5.32 Å². The molecule has 1 amide bonds. The van der Waals surface area contributed by atoms with E-state index in [1.807, 2.05) is 0 Å². The van der Waals surface area contributed by atoms with Crippen LogP contribution in [0, 0.1) is 0 Å². The van der Waals surface area contributed by atoms with Gasteiger partial charge in [0.05, 0.1) is 0 Å². The predicted molar refractivity (Wildman–Crippen MR) is 178 cm³/mol. The third kappa shape index (κ3) is 11.4. The summed E-state index contributed by atoms with van der Waals surface area (Å²) in [5.41, 5.74) is 7.61. The Balaban J connectivity index is 0.000000644. The number of likely N-dealkylation sites (tertiary alicyclic amines) is 1. The molecule has 0 aromatic heterocycles. The topological polar surface area (TPSA) is 72.9 Å². The van der Waals surface area contributed by atoms with Gasteiger partial charge in [0, 0.05) is 45.7 Å². The Labute approximate surface area is 274 Å². The molecule has 0 atom stereocenters. The number of aliphatic carboxylic acids is 1. The van der Waals surface area contributed by atoms with Gasteiger partial charge in [-0.25, -0.2) is 4.79 Å². The monoisotopic (exact) mass is 645 g/mol. The van der Waals surface area contributed by atoms with Crippen molar-refractivity contribution in [2.24, 2.45) is 0 Å². The van der Waals surface area contributed by atoms with Crippen LogP contribution in [0.3, 0.4) is 0 Å². The highest BCUT2D eigenvalue weighted by Gasteiger charge is 2.38. The van der Waals surface area contributed by atoms with Gasteiger partial charge in [-0.2, -0.15) is 13.2 Å². The zero-order valence-electron chi connectivity index (χ0n) is 26.6. The van der Waals surface area contributed by atoms with Gasteiger partial charge >= 0.3 is 12.1 Å². The summed E-state index contributed by atoms with van der Waals surface area (Å²) < 4.78 is 31.7. The van der Waals surface area contributed by atoms with Gasteiger partial charge in [-0.1, -0.05) is 109 Å². The summed E-state index contributed by atoms with van der Waals surface area (Å²) in [5, 5.41) is 10.7. The lowest BCUT2D eigenvalue weighted by molar-refractivity contribution is -0.192. The van der Waals surface area contributed by atoms with E-state index in [2.05, 4.69) is 124 Å². The van der Waals surface area contributed by atoms with Gasteiger partial charge < -0.3 is 15.3 Å². The van der Waals surface area contributed by atoms with Crippen LogP contribution in [0.4, 0.5) is 13.2 Å². The first-order chi connectivity index (χ1) is 22.6. The van der Waals surface area contributed by atoms with Crippen molar-refractivity contribution < 1.29 is 27.9 Å². The van der Waals surface area contributed by atoms with Crippen LogP contribution in [0.2, 0.25) is 0 Å². The highest BCUT2D eigenvalue weighted by molar-refractivity contribution is 5.75. The van der Waals surface area contributed by atoms with Gasteiger partial charge in [-0.15, -0.1) is 0 Å². The molecule has 4 aromatic carbocycles. The maximum atomic E-state index is 12.8. The Morgan fingerprint density at radius 2 is 1.36 bits per heavy atom. The molecule has 248 valence electrons. The number of hydrogen-bond acceptors (Lipinski definition) is 4. The van der Waals surface area contributed by atoms with E-state index in [1.165, 1.54) is 33.4 Å². The van der Waals surface area contributed by atoms with Crippen molar-refractivity contribution in [3.8, 4) is 11.1 Å². The van der Waals surface area contributed by atoms with Crippen molar-refractivity contribution >= 4 is 11.9 Å². The molecule has 4 aromatic rings. The third-order valence-electron chi connectivity index (χ3n) is 8.28. The van der Waals surface area contributed by atoms with Crippen molar-refractivity contribution in [3.63, 3.8) is 0 Å². The van der Waals surface area contributed by atoms with E-state index >= 15 is 0 Å². The van der Waals surface area contributed by atoms with E-state index in [1.54, 1.807) is 6.92 Å². The second kappa shape index (κ2) is 17.4. The number of carboxylic acid groups (broad SMARTS) is 1. The van der Waals surface area contributed by atoms with E-state index in [9.17, 15) is 18.0 Å². The Bertz CT molecular complexity index is 1540. The fourth-order valence-electron chi connectivity index (χ4n) is 5.76. The maximum Gasteiger partial charge on any atom is 0.490 e. The zero-order valence-corrected chi connectivity index (χ0v) is 26.6. The molecule has 1 saturated heterocycles. The molecule has 1 heterocycles. The summed E-state index contributed by atoms with van der Waals surface area (Å²) in [4.78, 5) is 26.3. The van der Waals surface area contributed by atoms with E-state index in [0.29, 0.717) is 6.54 Å². The molecule has 2 N–H and O–H groups in total. The number of piperidine rings is 1. The number of alkyl halides is 3. The number of carboxylic acids is 1. The van der Waals surface area contributed by atoms with Crippen LogP contribution in [0.15, 0.2) is 109 Å². The second-order valence-electron chi connectivity index (χ2n) is 11.7. The summed E-state index contributed by atoms with van der Waals surface area (Å²) >= 11 is 0. The Kier molecular flexibility index (Phi) is 13.1. The highest BCUT2D eigenvalue weighted by atomic mass is 19.4. The third-order valence-corrected chi connectivity index (χ3v) is 8.28. The molecule has 0 radical (unpaired) electrons. The van der Waals surface area contributed by atoms with Crippen LogP contribution in [0.25, 0.3) is 11.1 Å². The number of carbonyl (C=O) groups is 2. The molecule has 0 bridgehead atoms. The summed E-state index contributed by atoms with van der Waals surface area (Å²) in [7, 11) is 0. The van der Waals surface area contributed by atoms with Crippen molar-refractivity contribution in [3.05, 3.63) is 131 Å². The highest BCUT2D eigenvalue weighted by Crippen LogP contribution is 2.28. The van der Waals surface area contributed by atoms with Gasteiger partial charge in [0.1, 0.15) is 0 Å². The molecule has 0 aliphatic carbocycles. The quantitative estimate of drug-likeness (QED) is 0.167. The van der Waals surface area contributed by atoms with E-state index in [-0.39, 0.29) is 11.9 Å². The minimum Gasteiger partial charge on any atom is -0.475 e. The van der Waals surface area contributed by atoms with Crippen LogP contribution in [0.5, 0.6) is 0 Å². The van der Waals surface area contributed by atoms with Crippen molar-refractivity contribution in [1.29, 1.82) is 0 Å². The fourth-order valence-corrected chi connectivity index (χ4v) is 5.76. The lowest BCUT2D eigenvalue weighted by atomic mass is 9.96. The molecule has 47 heavy (non-hydrogen) atoms. The molecule has 1 aliphatic rings. The molecule has 0 unspecified atom stereocenters. The Hall–Kier alpha value is -4.47. The number of halogens is 3. The number of rotatable bonds is 11. The van der Waals surface area contributed by atoms with E-state index < -0.39 is 12.1 Å². The number of nitrogens with zero attached hydrogens (tertiary/aromatic N) is 2. The van der Waals surface area contributed by atoms with Gasteiger partial charge in [0.15, 0.2) is 0 Å². The number of benzene rings is 4. The predicted octanol–water partition coefficient (Wildman–Crippen LogP) is 7.33. The Morgan fingerprint density at radius 1 is 0.809 bits per heavy atom. The molecular formula is C38H42F3N3O3. The number of amides is 1. The minimum atomic E-state index is -5.08. The molecule has 5 rings (SSSR count). The first kappa shape index (κ1) is 35.4. The fraction of sp³-hybridized carbons (Fsp3) is 0.316. The van der Waals surface area contributed by atoms with E-state index in [0.717, 1.165) is 52.0 Å². The molecule has 0 spiro atoms. The number of nitrogens with one attached hydrogen (secondary N) is 1. The normalized spacial score (nSPS) is 13.8. The summed E-state index contributed by atoms with van der Waals surface area (Å²) in [6.45, 7) is 7.21. The van der Waals surface area contributed by atoms with Gasteiger partial charge in [-0.05, 0) is 59.2 Å². The smallest absolute Gasteiger partial charge is 0.475 e. The van der Waals surface area contributed by atoms with Crippen LogP contribution in [0.1, 0.15) is 42.0 Å². The summed E-state index contributed by atoms with van der Waals surface area (Å²) in [6, 6.07) is 39.0. The molecule has 0 saturated carbocycles. The largest absolute Gasteiger partial charge is 0.490 e. The first-order valence-corrected chi connectivity index (χ1v) is 15.9. The van der Waals surface area contributed by atoms with Crippen molar-refractivity contribution in [1.82, 2.24) is 15.1 Å². The molecule has 9 heteroatoms. The molecule has 6 nitrogen and oxygen atoms in total. The van der Waals surface area contributed by atoms with Crippen molar-refractivity contribution in [2.75, 3.05) is 19.6 Å². The van der Waals surface area contributed by atoms with Crippen LogP contribution in [-0.2, 0) is 35.6 Å². The SMILES string of the molecule is CC(=O)N(Cc1ccccc1-c1ccc(CNCCc2ccccc2)cc1)C1CCN(Cc2ccccc2)CC1.O=C(O)C(F)(F)F. The lowest BCUT2D eigenvalue weighted by Gasteiger charge is -2.38. The number of hydrogen-bond donors (Lipinski definition) is 2. The zero-order chi connectivity index (χ0) is 33.6. The molecular weight excluding hydrogens is 603 g/mol. The number of carbonyl (C=O) groups excluding carboxylic acids is 1. The second-order valence-corrected chi connectivity index (χ2v) is 11.7. The van der Waals surface area contributed by atoms with Crippen LogP contribution >= 0.6 is 0 Å². The van der Waals surface area contributed by atoms with Crippen LogP contribution in [-0.4, -0.2) is 58.6 Å². The van der Waals surface area contributed by atoms with E-state index in [4.69, 9.17) is 9.90 Å². The average molecular weight is 646 g/mol. The Morgan fingerprint density at radius 3 is 1.94 bits per heavy atom. The molecule has 1 fully saturated rings. The maximum absolute atomic E-state index is 12.8. The molecule has 1 aliphatic heterocycles. The summed E-state index contributed by atoms with van der Waals surface area (Å²) in [5.74, 6) is -2.60. The van der Waals surface area contributed by atoms with Gasteiger partial charge in [-0.3, -0.25) is 9.69 Å². The first-order valence-electron chi connectivity index (χ1n) is 15.9. The standard InChI is InChI=1S/C36H41N3O.C2HF3O2/c1-29(40)39(35-21-24-38(25-22-35)27-32-12-6-3-7-13-32)28-34-14-8-9-15-36(34)33-18-16-31(17-19-33)26-37-23-20-30-10-4-2-5-11-30;3-2(4,5)1(6)7/h2-19,35,37H,20-28H2,1H3;(H,6,7). The van der Waals surface area contributed by atoms with Gasteiger partial charge in [0.2, 0.25) is 5.91 Å². The lowest BCUT2D eigenvalue weighted by Crippen LogP contribution is -2.46. The van der Waals surface area contributed by atoms with Gasteiger partial charge in [0.25, 0.3) is 0 Å².